The van der Waals surface area contributed by atoms with Crippen LogP contribution in [0.5, 0.6) is 5.75 Å². The van der Waals surface area contributed by atoms with Gasteiger partial charge in [0.15, 0.2) is 5.82 Å². The summed E-state index contributed by atoms with van der Waals surface area (Å²) >= 11 is 0. The highest BCUT2D eigenvalue weighted by Crippen LogP contribution is 2.62. The second-order valence-electron chi connectivity index (χ2n) is 10.6. The average Bonchev–Trinajstić information content (AvgIpc) is 2.98. The number of benzene rings is 1. The maximum Gasteiger partial charge on any atom is 0.460 e. The van der Waals surface area contributed by atoms with Crippen molar-refractivity contribution in [1.29, 1.82) is 0 Å². The fourth-order valence-corrected chi connectivity index (χ4v) is 4.09. The van der Waals surface area contributed by atoms with E-state index in [0.717, 1.165) is 56.2 Å². The van der Waals surface area contributed by atoms with Gasteiger partial charge in [-0.05, 0) is 42.7 Å². The lowest BCUT2D eigenvalue weighted by Crippen LogP contribution is -2.73. The molecule has 2 rings (SSSR count). The highest BCUT2D eigenvalue weighted by atomic mass is 19.4. The molecule has 1 atom stereocenters. The Morgan fingerprint density at radius 3 is 1.47 bits per heavy atom. The second kappa shape index (κ2) is 14.6. The molecule has 0 amide bonds. The molecule has 1 heterocycles. The normalized spacial score (nSPS) is 14.7. The summed E-state index contributed by atoms with van der Waals surface area (Å²) in [5, 5.41) is 0. The molecule has 0 fully saturated rings. The van der Waals surface area contributed by atoms with Crippen molar-refractivity contribution < 1.29 is 75.0 Å². The SMILES string of the molecule is CCCCCCCCCCc1cnc(-c2ccc(OC(F)C(F)(F)C(F)(F)C(F)(F)C(F)(F)C(F)(F)C(F)(F)C(F)(F)F)cc2)nc1. The molecule has 268 valence electrons. The van der Waals surface area contributed by atoms with Crippen molar-refractivity contribution in [1.82, 2.24) is 9.97 Å². The van der Waals surface area contributed by atoms with E-state index < -0.39 is 53.8 Å². The third kappa shape index (κ3) is 8.00. The van der Waals surface area contributed by atoms with Crippen LogP contribution in [-0.2, 0) is 6.42 Å². The van der Waals surface area contributed by atoms with Crippen LogP contribution in [0.3, 0.4) is 0 Å². The summed E-state index contributed by atoms with van der Waals surface area (Å²) in [7, 11) is 0. The predicted molar refractivity (Wildman–Crippen MR) is 135 cm³/mol. The van der Waals surface area contributed by atoms with E-state index in [0.29, 0.717) is 18.6 Å². The molecular weight excluding hydrogens is 684 g/mol. The molecule has 3 nitrogen and oxygen atoms in total. The van der Waals surface area contributed by atoms with Crippen LogP contribution in [0.25, 0.3) is 11.4 Å². The largest absolute Gasteiger partial charge is 0.460 e. The van der Waals surface area contributed by atoms with Gasteiger partial charge in [0.2, 0.25) is 0 Å². The molecule has 1 aromatic carbocycles. The van der Waals surface area contributed by atoms with E-state index in [1.54, 1.807) is 0 Å². The smallest absolute Gasteiger partial charge is 0.454 e. The first-order valence-electron chi connectivity index (χ1n) is 14.0. The topological polar surface area (TPSA) is 35.0 Å². The van der Waals surface area contributed by atoms with Crippen molar-refractivity contribution in [2.75, 3.05) is 0 Å². The molecule has 0 radical (unpaired) electrons. The molecule has 0 bridgehead atoms. The molecule has 2 aromatic rings. The number of hydrogen-bond acceptors (Lipinski definition) is 3. The van der Waals surface area contributed by atoms with Crippen molar-refractivity contribution in [3.8, 4) is 17.1 Å². The van der Waals surface area contributed by atoms with E-state index >= 15 is 0 Å². The Balaban J connectivity index is 2.12. The minimum Gasteiger partial charge on any atom is -0.454 e. The highest BCUT2D eigenvalue weighted by molar-refractivity contribution is 5.55. The fourth-order valence-electron chi connectivity index (χ4n) is 4.09. The summed E-state index contributed by atoms with van der Waals surface area (Å²) in [6, 6.07) is 3.04. The van der Waals surface area contributed by atoms with Gasteiger partial charge in [-0.1, -0.05) is 51.9 Å². The van der Waals surface area contributed by atoms with Gasteiger partial charge in [-0.15, -0.1) is 0 Å². The molecular formula is C28H28F16N2O. The van der Waals surface area contributed by atoms with Crippen LogP contribution >= 0.6 is 0 Å². The molecule has 47 heavy (non-hydrogen) atoms. The maximum atomic E-state index is 14.1. The van der Waals surface area contributed by atoms with E-state index in [2.05, 4.69) is 21.6 Å². The Bertz CT molecular complexity index is 1260. The zero-order chi connectivity index (χ0) is 36.1. The molecule has 0 N–H and O–H groups in total. The third-order valence-electron chi connectivity index (χ3n) is 7.01. The molecule has 1 unspecified atom stereocenters. The van der Waals surface area contributed by atoms with Gasteiger partial charge < -0.3 is 4.74 Å². The van der Waals surface area contributed by atoms with Gasteiger partial charge in [0.05, 0.1) is 0 Å². The first kappa shape index (κ1) is 40.2. The van der Waals surface area contributed by atoms with Crippen LogP contribution in [-0.4, -0.2) is 58.0 Å². The number of aromatic nitrogens is 2. The van der Waals surface area contributed by atoms with E-state index in [9.17, 15) is 70.2 Å². The Labute approximate surface area is 257 Å². The van der Waals surface area contributed by atoms with Crippen LogP contribution < -0.4 is 4.74 Å². The fraction of sp³-hybridized carbons (Fsp3) is 0.643. The van der Waals surface area contributed by atoms with Crippen molar-refractivity contribution in [2.24, 2.45) is 0 Å². The van der Waals surface area contributed by atoms with E-state index in [1.807, 2.05) is 0 Å². The maximum absolute atomic E-state index is 14.1. The number of hydrogen-bond donors (Lipinski definition) is 0. The molecule has 0 aliphatic rings. The van der Waals surface area contributed by atoms with Crippen molar-refractivity contribution in [3.63, 3.8) is 0 Å². The van der Waals surface area contributed by atoms with E-state index in [4.69, 9.17) is 0 Å². The van der Waals surface area contributed by atoms with Crippen LogP contribution in [0.15, 0.2) is 36.7 Å². The van der Waals surface area contributed by atoms with Gasteiger partial charge in [-0.3, -0.25) is 0 Å². The van der Waals surface area contributed by atoms with Gasteiger partial charge in [0.25, 0.3) is 0 Å². The lowest BCUT2D eigenvalue weighted by atomic mass is 9.91. The minimum absolute atomic E-state index is 0.0170. The molecule has 0 aliphatic carbocycles. The van der Waals surface area contributed by atoms with Crippen LogP contribution in [0.4, 0.5) is 70.2 Å². The van der Waals surface area contributed by atoms with Gasteiger partial charge in [0.1, 0.15) is 5.75 Å². The first-order chi connectivity index (χ1) is 21.4. The van der Waals surface area contributed by atoms with Gasteiger partial charge in [-0.2, -0.15) is 70.2 Å². The van der Waals surface area contributed by atoms with E-state index in [-0.39, 0.29) is 11.4 Å². The first-order valence-corrected chi connectivity index (χ1v) is 14.0. The number of rotatable bonds is 18. The lowest BCUT2D eigenvalue weighted by Gasteiger charge is -2.41. The lowest BCUT2D eigenvalue weighted by molar-refractivity contribution is -0.457. The Hall–Kier alpha value is -3.02. The molecule has 0 saturated carbocycles. The molecule has 1 aromatic heterocycles. The summed E-state index contributed by atoms with van der Waals surface area (Å²) in [4.78, 5) is 8.15. The average molecular weight is 713 g/mol. The number of nitrogens with zero attached hydrogens (tertiary/aromatic N) is 2. The highest BCUT2D eigenvalue weighted by Gasteiger charge is 2.94. The van der Waals surface area contributed by atoms with Crippen molar-refractivity contribution in [3.05, 3.63) is 42.2 Å². The molecule has 0 aliphatic heterocycles. The Morgan fingerprint density at radius 1 is 0.574 bits per heavy atom. The summed E-state index contributed by atoms with van der Waals surface area (Å²) in [5.74, 6) is -49.8. The summed E-state index contributed by atoms with van der Waals surface area (Å²) in [5.41, 5.74) is 0.868. The number of ether oxygens (including phenoxy) is 1. The predicted octanol–water partition coefficient (Wildman–Crippen LogP) is 10.9. The quantitative estimate of drug-likeness (QED) is 0.114. The zero-order valence-corrected chi connectivity index (χ0v) is 24.3. The zero-order valence-electron chi connectivity index (χ0n) is 24.3. The van der Waals surface area contributed by atoms with Crippen LogP contribution in [0, 0.1) is 0 Å². The number of alkyl halides is 16. The summed E-state index contributed by atoms with van der Waals surface area (Å²) < 4.78 is 218. The van der Waals surface area contributed by atoms with Gasteiger partial charge in [0, 0.05) is 18.0 Å². The standard InChI is InChI=1S/C28H28F16N2O/c1-2-3-4-5-6-7-8-9-10-17-15-45-20(46-16-17)18-11-13-19(14-12-18)47-21(29)22(30,31)23(32,33)24(34,35)25(36,37)26(38,39)27(40,41)28(42,43)44/h11-16,21H,2-10H2,1H3. The number of unbranched alkanes of at least 4 members (excludes halogenated alkanes) is 7. The van der Waals surface area contributed by atoms with Gasteiger partial charge >= 0.3 is 48.1 Å². The minimum atomic E-state index is -8.52. The molecule has 0 saturated heterocycles. The number of aryl methyl sites for hydroxylation is 1. The summed E-state index contributed by atoms with van der Waals surface area (Å²) in [6.07, 6.45) is -0.478. The Morgan fingerprint density at radius 2 is 1.00 bits per heavy atom. The molecule has 0 spiro atoms. The monoisotopic (exact) mass is 712 g/mol. The van der Waals surface area contributed by atoms with Gasteiger partial charge in [-0.25, -0.2) is 9.97 Å². The van der Waals surface area contributed by atoms with Crippen molar-refractivity contribution in [2.45, 2.75) is 113 Å². The third-order valence-corrected chi connectivity index (χ3v) is 7.01. The Kier molecular flexibility index (Phi) is 12.5. The molecule has 19 heteroatoms. The number of halogens is 16. The van der Waals surface area contributed by atoms with Crippen LogP contribution in [0.1, 0.15) is 63.9 Å². The second-order valence-corrected chi connectivity index (χ2v) is 10.6. The van der Waals surface area contributed by atoms with Crippen LogP contribution in [0.2, 0.25) is 0 Å². The van der Waals surface area contributed by atoms with Crippen molar-refractivity contribution >= 4 is 0 Å². The van der Waals surface area contributed by atoms with E-state index in [1.165, 1.54) is 25.2 Å². The summed E-state index contributed by atoms with van der Waals surface area (Å²) in [6.45, 7) is 2.12.